The van der Waals surface area contributed by atoms with E-state index in [-0.39, 0.29) is 11.4 Å². The van der Waals surface area contributed by atoms with Gasteiger partial charge in [-0.1, -0.05) is 0 Å². The van der Waals surface area contributed by atoms with Crippen LogP contribution in [0.3, 0.4) is 0 Å². The number of anilines is 1. The summed E-state index contributed by atoms with van der Waals surface area (Å²) >= 11 is 0. The Morgan fingerprint density at radius 1 is 1.00 bits per heavy atom. The average Bonchev–Trinajstić information content (AvgIpc) is 2.64. The third kappa shape index (κ3) is 5.06. The molecule has 1 aromatic heterocycles. The summed E-state index contributed by atoms with van der Waals surface area (Å²) in [4.78, 5) is 30.0. The highest BCUT2D eigenvalue weighted by Gasteiger charge is 2.10. The van der Waals surface area contributed by atoms with Crippen molar-refractivity contribution < 1.29 is 24.2 Å². The van der Waals surface area contributed by atoms with E-state index in [4.69, 9.17) is 14.6 Å². The second-order valence-corrected chi connectivity index (χ2v) is 4.88. The van der Waals surface area contributed by atoms with Gasteiger partial charge in [-0.3, -0.25) is 4.79 Å². The lowest BCUT2D eigenvalue weighted by Gasteiger charge is -2.11. The molecule has 1 aromatic carbocycles. The first-order valence-electron chi connectivity index (χ1n) is 7.34. The first-order valence-corrected chi connectivity index (χ1v) is 7.34. The molecule has 132 valence electrons. The molecule has 0 atom stereocenters. The third-order valence-corrected chi connectivity index (χ3v) is 3.19. The van der Waals surface area contributed by atoms with E-state index in [0.29, 0.717) is 24.6 Å². The Labute approximate surface area is 144 Å². The third-order valence-electron chi connectivity index (χ3n) is 3.19. The van der Waals surface area contributed by atoms with Gasteiger partial charge >= 0.3 is 5.97 Å². The molecule has 0 unspecified atom stereocenters. The van der Waals surface area contributed by atoms with E-state index in [1.807, 2.05) is 0 Å². The van der Waals surface area contributed by atoms with Crippen LogP contribution >= 0.6 is 0 Å². The van der Waals surface area contributed by atoms with Gasteiger partial charge in [0.25, 0.3) is 5.91 Å². The predicted octanol–water partition coefficient (Wildman–Crippen LogP) is 1.03. The molecule has 25 heavy (non-hydrogen) atoms. The number of ether oxygens (including phenoxy) is 2. The minimum Gasteiger partial charge on any atom is -0.497 e. The van der Waals surface area contributed by atoms with Crippen molar-refractivity contribution in [3.63, 3.8) is 0 Å². The van der Waals surface area contributed by atoms with Gasteiger partial charge in [0.2, 0.25) is 0 Å². The summed E-state index contributed by atoms with van der Waals surface area (Å²) in [6, 6.07) is 5.37. The molecule has 2 aromatic rings. The van der Waals surface area contributed by atoms with Crippen molar-refractivity contribution in [3.8, 4) is 11.5 Å². The van der Waals surface area contributed by atoms with E-state index >= 15 is 0 Å². The Morgan fingerprint density at radius 3 is 2.12 bits per heavy atom. The number of carbonyl (C=O) groups is 2. The second-order valence-electron chi connectivity index (χ2n) is 4.88. The van der Waals surface area contributed by atoms with Gasteiger partial charge in [-0.05, 0) is 0 Å². The molecule has 3 N–H and O–H groups in total. The van der Waals surface area contributed by atoms with E-state index in [0.717, 1.165) is 18.1 Å². The summed E-state index contributed by atoms with van der Waals surface area (Å²) in [5, 5.41) is 14.5. The molecule has 0 radical (unpaired) electrons. The lowest BCUT2D eigenvalue weighted by molar-refractivity contribution is 0.0689. The lowest BCUT2D eigenvalue weighted by atomic mass is 10.2. The molecular formula is C16H18N4O5. The number of benzene rings is 1. The molecule has 0 aliphatic rings. The quantitative estimate of drug-likeness (QED) is 0.606. The van der Waals surface area contributed by atoms with Crippen molar-refractivity contribution in [2.24, 2.45) is 0 Å². The van der Waals surface area contributed by atoms with Crippen LogP contribution in [0.1, 0.15) is 21.0 Å². The molecule has 1 heterocycles. The maximum atomic E-state index is 11.9. The summed E-state index contributed by atoms with van der Waals surface area (Å²) in [6.45, 7) is 0.795. The van der Waals surface area contributed by atoms with Crippen LogP contribution in [0.4, 0.5) is 5.69 Å². The number of rotatable bonds is 8. The van der Waals surface area contributed by atoms with Crippen molar-refractivity contribution in [1.82, 2.24) is 15.3 Å². The fraction of sp³-hybridized carbons (Fsp3) is 0.250. The number of amides is 1. The molecule has 9 nitrogen and oxygen atoms in total. The largest absolute Gasteiger partial charge is 0.497 e. The predicted molar refractivity (Wildman–Crippen MR) is 89.4 cm³/mol. The van der Waals surface area contributed by atoms with E-state index < -0.39 is 11.9 Å². The van der Waals surface area contributed by atoms with Gasteiger partial charge in [0.15, 0.2) is 5.69 Å². The minimum absolute atomic E-state index is 0.0491. The lowest BCUT2D eigenvalue weighted by Crippen LogP contribution is -2.29. The number of aromatic nitrogens is 2. The number of carboxylic acid groups (broad SMARTS) is 1. The molecule has 0 saturated heterocycles. The van der Waals surface area contributed by atoms with Gasteiger partial charge in [-0.15, -0.1) is 0 Å². The van der Waals surface area contributed by atoms with E-state index in [9.17, 15) is 9.59 Å². The summed E-state index contributed by atoms with van der Waals surface area (Å²) in [5.41, 5.74) is 0.620. The maximum Gasteiger partial charge on any atom is 0.356 e. The topological polar surface area (TPSA) is 123 Å². The molecule has 0 fully saturated rings. The highest BCUT2D eigenvalue weighted by molar-refractivity contribution is 5.92. The number of carboxylic acids is 1. The summed E-state index contributed by atoms with van der Waals surface area (Å²) in [6.07, 6.45) is 2.16. The van der Waals surface area contributed by atoms with Gasteiger partial charge < -0.3 is 25.2 Å². The first kappa shape index (κ1) is 18.0. The number of hydrogen-bond donors (Lipinski definition) is 3. The molecule has 0 spiro atoms. The van der Waals surface area contributed by atoms with Gasteiger partial charge in [0, 0.05) is 37.0 Å². The molecule has 0 aliphatic heterocycles. The molecule has 0 saturated carbocycles. The molecule has 0 aliphatic carbocycles. The van der Waals surface area contributed by atoms with Crippen molar-refractivity contribution in [2.75, 3.05) is 32.6 Å². The number of methoxy groups -OCH3 is 2. The van der Waals surface area contributed by atoms with E-state index in [2.05, 4.69) is 20.6 Å². The second kappa shape index (κ2) is 8.48. The van der Waals surface area contributed by atoms with Gasteiger partial charge in [0.1, 0.15) is 17.2 Å². The van der Waals surface area contributed by atoms with Crippen LogP contribution in [-0.2, 0) is 0 Å². The fourth-order valence-electron chi connectivity index (χ4n) is 1.94. The van der Waals surface area contributed by atoms with E-state index in [1.165, 1.54) is 0 Å². The van der Waals surface area contributed by atoms with E-state index in [1.54, 1.807) is 32.4 Å². The highest BCUT2D eigenvalue weighted by atomic mass is 16.5. The van der Waals surface area contributed by atoms with Crippen LogP contribution < -0.4 is 20.1 Å². The number of nitrogens with zero attached hydrogens (tertiary/aromatic N) is 2. The van der Waals surface area contributed by atoms with Crippen LogP contribution in [0.5, 0.6) is 11.5 Å². The van der Waals surface area contributed by atoms with Crippen LogP contribution in [0, 0.1) is 0 Å². The smallest absolute Gasteiger partial charge is 0.356 e. The number of carbonyl (C=O) groups excluding carboxylic acids is 1. The van der Waals surface area contributed by atoms with Gasteiger partial charge in [0.05, 0.1) is 26.6 Å². The number of aromatic carboxylic acids is 1. The summed E-state index contributed by atoms with van der Waals surface area (Å²) in [7, 11) is 3.13. The highest BCUT2D eigenvalue weighted by Crippen LogP contribution is 2.25. The zero-order chi connectivity index (χ0) is 18.2. The number of nitrogens with one attached hydrogen (secondary N) is 2. The summed E-state index contributed by atoms with van der Waals surface area (Å²) in [5.74, 6) is -0.328. The van der Waals surface area contributed by atoms with Crippen molar-refractivity contribution in [1.29, 1.82) is 0 Å². The Morgan fingerprint density at radius 2 is 1.60 bits per heavy atom. The van der Waals surface area contributed by atoms with Crippen molar-refractivity contribution in [2.45, 2.75) is 0 Å². The van der Waals surface area contributed by atoms with Crippen molar-refractivity contribution >= 4 is 17.6 Å². The fourth-order valence-corrected chi connectivity index (χ4v) is 1.94. The molecule has 2 rings (SSSR count). The monoisotopic (exact) mass is 346 g/mol. The Bertz CT molecular complexity index is 726. The van der Waals surface area contributed by atoms with Crippen LogP contribution in [0.2, 0.25) is 0 Å². The van der Waals surface area contributed by atoms with Crippen molar-refractivity contribution in [3.05, 3.63) is 42.0 Å². The van der Waals surface area contributed by atoms with Gasteiger partial charge in [-0.25, -0.2) is 14.8 Å². The standard InChI is InChI=1S/C16H18N4O5/c1-24-11-5-10(6-12(7-11)25-2)17-3-4-18-15(21)13-8-20-14(9-19-13)16(22)23/h5-9,17H,3-4H2,1-2H3,(H,18,21)(H,22,23). The first-order chi connectivity index (χ1) is 12.0. The Hall–Kier alpha value is -3.36. The normalized spacial score (nSPS) is 10.0. The van der Waals surface area contributed by atoms with Crippen LogP contribution in [-0.4, -0.2) is 54.3 Å². The van der Waals surface area contributed by atoms with Crippen LogP contribution in [0.15, 0.2) is 30.6 Å². The molecule has 1 amide bonds. The summed E-state index contributed by atoms with van der Waals surface area (Å²) < 4.78 is 10.4. The number of hydrogen-bond acceptors (Lipinski definition) is 7. The molecule has 0 bridgehead atoms. The maximum absolute atomic E-state index is 11.9. The SMILES string of the molecule is COc1cc(NCCNC(=O)c2cnc(C(=O)O)cn2)cc(OC)c1. The minimum atomic E-state index is -1.20. The average molecular weight is 346 g/mol. The zero-order valence-corrected chi connectivity index (χ0v) is 13.8. The molecular weight excluding hydrogens is 328 g/mol. The zero-order valence-electron chi connectivity index (χ0n) is 13.8. The van der Waals surface area contributed by atoms with Crippen LogP contribution in [0.25, 0.3) is 0 Å². The van der Waals surface area contributed by atoms with Gasteiger partial charge in [-0.2, -0.15) is 0 Å². The Kier molecular flexibility index (Phi) is 6.10. The molecule has 9 heteroatoms. The Balaban J connectivity index is 1.84.